The zero-order valence-electron chi connectivity index (χ0n) is 17.0. The van der Waals surface area contributed by atoms with E-state index in [1.54, 1.807) is 36.8 Å². The summed E-state index contributed by atoms with van der Waals surface area (Å²) in [6.07, 6.45) is 0. The van der Waals surface area contributed by atoms with Gasteiger partial charge in [-0.05, 0) is 49.0 Å². The van der Waals surface area contributed by atoms with E-state index in [1.807, 2.05) is 18.2 Å². The van der Waals surface area contributed by atoms with Gasteiger partial charge in [0.25, 0.3) is 5.56 Å². The number of aromatic amines is 1. The molecule has 2 aromatic heterocycles. The highest BCUT2D eigenvalue weighted by Gasteiger charge is 2.15. The van der Waals surface area contributed by atoms with Crippen LogP contribution in [-0.4, -0.2) is 33.3 Å². The number of fused-ring (bicyclic) bond motifs is 1. The van der Waals surface area contributed by atoms with Crippen molar-refractivity contribution in [2.45, 2.75) is 12.1 Å². The minimum atomic E-state index is -0.397. The summed E-state index contributed by atoms with van der Waals surface area (Å²) in [7, 11) is 1.57. The summed E-state index contributed by atoms with van der Waals surface area (Å²) in [6.45, 7) is 1.64. The Labute approximate surface area is 195 Å². The fourth-order valence-corrected chi connectivity index (χ4v) is 4.87. The van der Waals surface area contributed by atoms with E-state index in [2.05, 4.69) is 15.3 Å². The number of thiazole rings is 1. The molecule has 0 unspecified atom stereocenters. The Morgan fingerprint density at radius 2 is 2.16 bits per heavy atom. The number of halogens is 1. The molecule has 164 valence electrons. The number of nitrogens with zero attached hydrogens (tertiary/aromatic N) is 2. The maximum Gasteiger partial charge on any atom is 0.271 e. The Bertz CT molecular complexity index is 1440. The molecule has 2 heterocycles. The number of rotatable bonds is 6. The molecule has 0 aliphatic rings. The molecule has 0 aliphatic carbocycles. The molecule has 0 aliphatic heterocycles. The molecule has 4 aromatic rings. The van der Waals surface area contributed by atoms with Crippen molar-refractivity contribution in [3.63, 3.8) is 0 Å². The number of amides is 1. The van der Waals surface area contributed by atoms with Crippen LogP contribution in [0, 0.1) is 16.7 Å². The van der Waals surface area contributed by atoms with Crippen molar-refractivity contribution in [2.75, 3.05) is 18.2 Å². The number of benzene rings is 2. The standard InChI is InChI=1S/C21H17FN4O3S3/c1-11-6-7-12(8-15(11)22)23-16(27)10-31-20-24-18-17(19(28)25-20)32-21(30)26(18)13-4-3-5-14(9-13)29-2/h3-9H,10H2,1-2H3,(H,23,27)(H,24,25,28). The predicted molar refractivity (Wildman–Crippen MR) is 127 cm³/mol. The molecule has 0 spiro atoms. The molecule has 1 amide bonds. The number of anilines is 1. The number of nitrogens with one attached hydrogen (secondary N) is 2. The maximum absolute atomic E-state index is 13.7. The van der Waals surface area contributed by atoms with Crippen molar-refractivity contribution in [1.29, 1.82) is 0 Å². The van der Waals surface area contributed by atoms with Crippen LogP contribution < -0.4 is 15.6 Å². The number of ether oxygens (including phenoxy) is 1. The number of methoxy groups -OCH3 is 1. The molecule has 0 radical (unpaired) electrons. The van der Waals surface area contributed by atoms with Gasteiger partial charge in [0, 0.05) is 11.8 Å². The largest absolute Gasteiger partial charge is 0.497 e. The van der Waals surface area contributed by atoms with Crippen molar-refractivity contribution < 1.29 is 13.9 Å². The van der Waals surface area contributed by atoms with E-state index in [0.29, 0.717) is 37.0 Å². The van der Waals surface area contributed by atoms with Crippen LogP contribution in [0.25, 0.3) is 16.0 Å². The Morgan fingerprint density at radius 3 is 2.91 bits per heavy atom. The SMILES string of the molecule is COc1cccc(-n2c(=S)sc3c(=O)[nH]c(SCC(=O)Nc4ccc(C)c(F)c4)nc32)c1. The molecule has 0 atom stereocenters. The van der Waals surface area contributed by atoms with E-state index in [0.717, 1.165) is 23.1 Å². The number of aromatic nitrogens is 3. The number of hydrogen-bond donors (Lipinski definition) is 2. The molecular formula is C21H17FN4O3S3. The summed E-state index contributed by atoms with van der Waals surface area (Å²) in [5.74, 6) is -0.122. The zero-order valence-corrected chi connectivity index (χ0v) is 19.4. The van der Waals surface area contributed by atoms with E-state index < -0.39 is 5.82 Å². The average Bonchev–Trinajstić information content (AvgIpc) is 3.11. The van der Waals surface area contributed by atoms with Gasteiger partial charge in [0.2, 0.25) is 5.91 Å². The van der Waals surface area contributed by atoms with Crippen LogP contribution in [0.3, 0.4) is 0 Å². The number of carbonyl (C=O) groups excluding carboxylic acids is 1. The molecule has 7 nitrogen and oxygen atoms in total. The highest BCUT2D eigenvalue weighted by molar-refractivity contribution is 7.99. The van der Waals surface area contributed by atoms with E-state index >= 15 is 0 Å². The first-order chi connectivity index (χ1) is 15.4. The summed E-state index contributed by atoms with van der Waals surface area (Å²) < 4.78 is 21.5. The number of hydrogen-bond acceptors (Lipinski definition) is 7. The summed E-state index contributed by atoms with van der Waals surface area (Å²) in [4.78, 5) is 32.1. The van der Waals surface area contributed by atoms with Gasteiger partial charge in [-0.25, -0.2) is 9.37 Å². The number of H-pyrrole nitrogens is 1. The third-order valence-electron chi connectivity index (χ3n) is 4.53. The Kier molecular flexibility index (Phi) is 6.40. The van der Waals surface area contributed by atoms with E-state index in [9.17, 15) is 14.0 Å². The summed E-state index contributed by atoms with van der Waals surface area (Å²) in [6, 6.07) is 11.7. The zero-order chi connectivity index (χ0) is 22.8. The topological polar surface area (TPSA) is 89.0 Å². The monoisotopic (exact) mass is 488 g/mol. The molecule has 2 aromatic carbocycles. The summed E-state index contributed by atoms with van der Waals surface area (Å²) in [5, 5.41) is 2.91. The molecule has 2 N–H and O–H groups in total. The van der Waals surface area contributed by atoms with Gasteiger partial charge in [-0.2, -0.15) is 0 Å². The molecule has 4 rings (SSSR count). The second-order valence-corrected chi connectivity index (χ2v) is 9.34. The van der Waals surface area contributed by atoms with Gasteiger partial charge in [-0.1, -0.05) is 35.2 Å². The molecule has 0 saturated carbocycles. The first-order valence-corrected chi connectivity index (χ1v) is 11.6. The fraction of sp³-hybridized carbons (Fsp3) is 0.143. The van der Waals surface area contributed by atoms with Gasteiger partial charge in [0.05, 0.1) is 18.6 Å². The Morgan fingerprint density at radius 1 is 1.34 bits per heavy atom. The van der Waals surface area contributed by atoms with E-state index in [1.165, 1.54) is 6.07 Å². The van der Waals surface area contributed by atoms with Crippen molar-refractivity contribution in [3.8, 4) is 11.4 Å². The van der Waals surface area contributed by atoms with Gasteiger partial charge in [-0.15, -0.1) is 0 Å². The number of carbonyl (C=O) groups is 1. The molecule has 32 heavy (non-hydrogen) atoms. The quantitative estimate of drug-likeness (QED) is 0.233. The first-order valence-electron chi connectivity index (χ1n) is 9.35. The molecular weight excluding hydrogens is 471 g/mol. The summed E-state index contributed by atoms with van der Waals surface area (Å²) >= 11 is 7.69. The second kappa shape index (κ2) is 9.23. The van der Waals surface area contributed by atoms with Crippen LogP contribution in [0.15, 0.2) is 52.4 Å². The molecule has 0 fully saturated rings. The van der Waals surface area contributed by atoms with E-state index in [4.69, 9.17) is 17.0 Å². The molecule has 0 saturated heterocycles. The lowest BCUT2D eigenvalue weighted by atomic mass is 10.2. The van der Waals surface area contributed by atoms with E-state index in [-0.39, 0.29) is 22.4 Å². The highest BCUT2D eigenvalue weighted by Crippen LogP contribution is 2.26. The van der Waals surface area contributed by atoms with Gasteiger partial charge >= 0.3 is 0 Å². The Balaban J connectivity index is 1.59. The van der Waals surface area contributed by atoms with Crippen molar-refractivity contribution in [1.82, 2.24) is 14.5 Å². The average molecular weight is 489 g/mol. The smallest absolute Gasteiger partial charge is 0.271 e. The third-order valence-corrected chi connectivity index (χ3v) is 6.76. The summed E-state index contributed by atoms with van der Waals surface area (Å²) in [5.41, 5.74) is 1.64. The van der Waals surface area contributed by atoms with Crippen LogP contribution in [0.4, 0.5) is 10.1 Å². The van der Waals surface area contributed by atoms with Crippen LogP contribution in [-0.2, 0) is 4.79 Å². The van der Waals surface area contributed by atoms with Gasteiger partial charge in [-0.3, -0.25) is 14.2 Å². The van der Waals surface area contributed by atoms with Crippen LogP contribution in [0.1, 0.15) is 5.56 Å². The van der Waals surface area contributed by atoms with Gasteiger partial charge in [0.15, 0.2) is 14.8 Å². The van der Waals surface area contributed by atoms with Crippen molar-refractivity contribution in [2.24, 2.45) is 0 Å². The highest BCUT2D eigenvalue weighted by atomic mass is 32.2. The second-order valence-electron chi connectivity index (χ2n) is 6.73. The number of thioether (sulfide) groups is 1. The molecule has 11 heteroatoms. The number of aryl methyl sites for hydroxylation is 1. The van der Waals surface area contributed by atoms with Crippen LogP contribution in [0.2, 0.25) is 0 Å². The predicted octanol–water partition coefficient (Wildman–Crippen LogP) is 4.69. The fourth-order valence-electron chi connectivity index (χ4n) is 2.94. The Hall–Kier alpha value is -3.02. The van der Waals surface area contributed by atoms with Crippen LogP contribution in [0.5, 0.6) is 5.75 Å². The minimum Gasteiger partial charge on any atom is -0.497 e. The van der Waals surface area contributed by atoms with Gasteiger partial charge < -0.3 is 15.0 Å². The maximum atomic E-state index is 13.7. The van der Waals surface area contributed by atoms with Gasteiger partial charge in [0.1, 0.15) is 16.3 Å². The lowest BCUT2D eigenvalue weighted by molar-refractivity contribution is -0.113. The van der Waals surface area contributed by atoms with Crippen molar-refractivity contribution >= 4 is 57.3 Å². The third kappa shape index (κ3) is 4.59. The molecule has 0 bridgehead atoms. The first kappa shape index (κ1) is 22.2. The van der Waals surface area contributed by atoms with Crippen LogP contribution >= 0.6 is 35.3 Å². The normalized spacial score (nSPS) is 11.0. The minimum absolute atomic E-state index is 0.0199. The van der Waals surface area contributed by atoms with Crippen molar-refractivity contribution in [3.05, 3.63) is 68.2 Å². The lowest BCUT2D eigenvalue weighted by Gasteiger charge is -2.08. The lowest BCUT2D eigenvalue weighted by Crippen LogP contribution is -2.15.